The van der Waals surface area contributed by atoms with Crippen LogP contribution in [0.5, 0.6) is 5.75 Å². The van der Waals surface area contributed by atoms with E-state index in [0.29, 0.717) is 50.0 Å². The lowest BCUT2D eigenvalue weighted by Gasteiger charge is -2.33. The summed E-state index contributed by atoms with van der Waals surface area (Å²) in [5.41, 5.74) is 1.35. The van der Waals surface area contributed by atoms with Crippen LogP contribution in [0.4, 0.5) is 4.39 Å². The number of sulfonamides is 1. The topological polar surface area (TPSA) is 88.8 Å². The van der Waals surface area contributed by atoms with Crippen LogP contribution >= 0.6 is 0 Å². The third kappa shape index (κ3) is 4.60. The molecule has 0 bridgehead atoms. The summed E-state index contributed by atoms with van der Waals surface area (Å²) in [7, 11) is -2.14. The van der Waals surface area contributed by atoms with Crippen molar-refractivity contribution in [2.75, 3.05) is 33.3 Å². The maximum atomic E-state index is 13.6. The highest BCUT2D eigenvalue weighted by atomic mass is 32.2. The average Bonchev–Trinajstić information content (AvgIpc) is 3.24. The normalized spacial score (nSPS) is 15.8. The molecule has 0 unspecified atom stereocenters. The molecule has 1 saturated heterocycles. The van der Waals surface area contributed by atoms with Crippen LogP contribution in [0.1, 0.15) is 11.5 Å². The Kier molecular flexibility index (Phi) is 6.03. The fourth-order valence-electron chi connectivity index (χ4n) is 3.49. The summed E-state index contributed by atoms with van der Waals surface area (Å²) in [5, 5.41) is 4.02. The highest BCUT2D eigenvalue weighted by Gasteiger charge is 2.30. The summed E-state index contributed by atoms with van der Waals surface area (Å²) in [6, 6.07) is 11.2. The fourth-order valence-corrected chi connectivity index (χ4v) is 5.15. The molecular formula is C21H23FN4O4S. The van der Waals surface area contributed by atoms with Crippen LogP contribution in [0.2, 0.25) is 0 Å². The van der Waals surface area contributed by atoms with E-state index in [1.165, 1.54) is 16.4 Å². The number of ether oxygens (including phenoxy) is 1. The molecule has 10 heteroatoms. The molecule has 1 aliphatic rings. The van der Waals surface area contributed by atoms with Crippen molar-refractivity contribution in [1.82, 2.24) is 19.3 Å². The quantitative estimate of drug-likeness (QED) is 0.575. The number of aromatic nitrogens is 2. The first-order valence-electron chi connectivity index (χ1n) is 9.82. The molecular weight excluding hydrogens is 423 g/mol. The van der Waals surface area contributed by atoms with Gasteiger partial charge in [0, 0.05) is 31.7 Å². The summed E-state index contributed by atoms with van der Waals surface area (Å²) in [6.45, 7) is 3.71. The lowest BCUT2D eigenvalue weighted by Crippen LogP contribution is -2.48. The first-order chi connectivity index (χ1) is 14.9. The van der Waals surface area contributed by atoms with Crippen molar-refractivity contribution in [3.63, 3.8) is 0 Å². The summed E-state index contributed by atoms with van der Waals surface area (Å²) in [4.78, 5) is 6.50. The van der Waals surface area contributed by atoms with Gasteiger partial charge in [0.25, 0.3) is 0 Å². The second-order valence-corrected chi connectivity index (χ2v) is 9.24. The zero-order chi connectivity index (χ0) is 22.0. The van der Waals surface area contributed by atoms with Crippen molar-refractivity contribution in [3.05, 3.63) is 59.7 Å². The predicted molar refractivity (Wildman–Crippen MR) is 111 cm³/mol. The van der Waals surface area contributed by atoms with E-state index in [4.69, 9.17) is 9.26 Å². The van der Waals surface area contributed by atoms with Gasteiger partial charge in [-0.3, -0.25) is 4.90 Å². The number of rotatable bonds is 6. The lowest BCUT2D eigenvalue weighted by molar-refractivity contribution is 0.163. The van der Waals surface area contributed by atoms with Gasteiger partial charge in [0.1, 0.15) is 11.6 Å². The van der Waals surface area contributed by atoms with Crippen molar-refractivity contribution < 1.29 is 22.1 Å². The predicted octanol–water partition coefficient (Wildman–Crippen LogP) is 2.70. The Morgan fingerprint density at radius 2 is 1.81 bits per heavy atom. The Hall–Kier alpha value is -2.82. The zero-order valence-corrected chi connectivity index (χ0v) is 18.1. The Morgan fingerprint density at radius 1 is 1.10 bits per heavy atom. The average molecular weight is 447 g/mol. The molecule has 0 spiro atoms. The van der Waals surface area contributed by atoms with Gasteiger partial charge in [-0.25, -0.2) is 12.8 Å². The first-order valence-corrected chi connectivity index (χ1v) is 11.3. The minimum atomic E-state index is -3.74. The van der Waals surface area contributed by atoms with Crippen molar-refractivity contribution in [2.24, 2.45) is 0 Å². The van der Waals surface area contributed by atoms with Crippen molar-refractivity contribution >= 4 is 10.0 Å². The number of piperazine rings is 1. The van der Waals surface area contributed by atoms with Gasteiger partial charge >= 0.3 is 0 Å². The Morgan fingerprint density at radius 3 is 2.48 bits per heavy atom. The molecule has 164 valence electrons. The number of halogens is 1. The summed E-state index contributed by atoms with van der Waals surface area (Å²) in [5.74, 6) is 1.13. The Labute approximate surface area is 180 Å². The monoisotopic (exact) mass is 446 g/mol. The van der Waals surface area contributed by atoms with Gasteiger partial charge in [0.15, 0.2) is 0 Å². The van der Waals surface area contributed by atoms with Gasteiger partial charge in [-0.1, -0.05) is 11.2 Å². The zero-order valence-electron chi connectivity index (χ0n) is 17.3. The number of nitrogens with zero attached hydrogens (tertiary/aromatic N) is 4. The minimum Gasteiger partial charge on any atom is -0.497 e. The van der Waals surface area contributed by atoms with Gasteiger partial charge in [0.05, 0.1) is 18.6 Å². The number of aryl methyl sites for hydroxylation is 1. The third-order valence-electron chi connectivity index (χ3n) is 5.27. The maximum Gasteiger partial charge on any atom is 0.243 e. The van der Waals surface area contributed by atoms with Crippen LogP contribution in [-0.2, 0) is 16.6 Å². The fraction of sp³-hybridized carbons (Fsp3) is 0.333. The molecule has 3 aromatic rings. The van der Waals surface area contributed by atoms with Crippen LogP contribution in [-0.4, -0.2) is 61.1 Å². The van der Waals surface area contributed by atoms with Gasteiger partial charge < -0.3 is 9.26 Å². The molecule has 8 nitrogen and oxygen atoms in total. The standard InChI is InChI=1S/C21H23FN4O4S/c1-15-3-6-17(22)13-19(15)31(27,28)26-11-9-25(10-12-26)14-20-23-21(24-30-20)16-4-7-18(29-2)8-5-16/h3-8,13H,9-12,14H2,1-2H3. The van der Waals surface area contributed by atoms with Crippen molar-refractivity contribution in [1.29, 1.82) is 0 Å². The maximum absolute atomic E-state index is 13.6. The van der Waals surface area contributed by atoms with E-state index < -0.39 is 15.8 Å². The summed E-state index contributed by atoms with van der Waals surface area (Å²) in [6.07, 6.45) is 0. The van der Waals surface area contributed by atoms with Crippen LogP contribution in [0.25, 0.3) is 11.4 Å². The molecule has 0 amide bonds. The van der Waals surface area contributed by atoms with E-state index in [0.717, 1.165) is 17.4 Å². The van der Waals surface area contributed by atoms with E-state index in [2.05, 4.69) is 15.0 Å². The molecule has 1 aromatic heterocycles. The Bertz CT molecular complexity index is 1160. The van der Waals surface area contributed by atoms with Gasteiger partial charge in [0.2, 0.25) is 21.7 Å². The van der Waals surface area contributed by atoms with E-state index in [1.54, 1.807) is 14.0 Å². The van der Waals surface area contributed by atoms with Crippen molar-refractivity contribution in [2.45, 2.75) is 18.4 Å². The second-order valence-electron chi connectivity index (χ2n) is 7.33. The minimum absolute atomic E-state index is 0.0157. The number of benzene rings is 2. The van der Waals surface area contributed by atoms with Gasteiger partial charge in [-0.05, 0) is 48.9 Å². The van der Waals surface area contributed by atoms with Crippen LogP contribution in [0.15, 0.2) is 51.9 Å². The first kappa shape index (κ1) is 21.4. The number of hydrogen-bond acceptors (Lipinski definition) is 7. The molecule has 4 rings (SSSR count). The highest BCUT2D eigenvalue weighted by molar-refractivity contribution is 7.89. The molecule has 0 atom stereocenters. The Balaban J connectivity index is 1.38. The van der Waals surface area contributed by atoms with Crippen LogP contribution in [0, 0.1) is 12.7 Å². The molecule has 1 aliphatic heterocycles. The van der Waals surface area contributed by atoms with E-state index in [-0.39, 0.29) is 4.90 Å². The molecule has 0 radical (unpaired) electrons. The van der Waals surface area contributed by atoms with Crippen LogP contribution < -0.4 is 4.74 Å². The van der Waals surface area contributed by atoms with Crippen molar-refractivity contribution in [3.8, 4) is 17.1 Å². The second kappa shape index (κ2) is 8.74. The third-order valence-corrected chi connectivity index (χ3v) is 7.32. The number of hydrogen-bond donors (Lipinski definition) is 0. The molecule has 0 saturated carbocycles. The van der Waals surface area contributed by atoms with Crippen LogP contribution in [0.3, 0.4) is 0 Å². The number of methoxy groups -OCH3 is 1. The lowest BCUT2D eigenvalue weighted by atomic mass is 10.2. The van der Waals surface area contributed by atoms with E-state index in [9.17, 15) is 12.8 Å². The molecule has 2 heterocycles. The molecule has 31 heavy (non-hydrogen) atoms. The summed E-state index contributed by atoms with van der Waals surface area (Å²) < 4.78 is 51.3. The molecule has 0 N–H and O–H groups in total. The van der Waals surface area contributed by atoms with Gasteiger partial charge in [-0.2, -0.15) is 9.29 Å². The molecule has 2 aromatic carbocycles. The van der Waals surface area contributed by atoms with E-state index in [1.807, 2.05) is 24.3 Å². The molecule has 0 aliphatic carbocycles. The largest absolute Gasteiger partial charge is 0.497 e. The molecule has 1 fully saturated rings. The SMILES string of the molecule is COc1ccc(-c2noc(CN3CCN(S(=O)(=O)c4cc(F)ccc4C)CC3)n2)cc1. The highest BCUT2D eigenvalue weighted by Crippen LogP contribution is 2.23. The van der Waals surface area contributed by atoms with E-state index >= 15 is 0 Å². The summed E-state index contributed by atoms with van der Waals surface area (Å²) >= 11 is 0. The van der Waals surface area contributed by atoms with Gasteiger partial charge in [-0.15, -0.1) is 0 Å². The smallest absolute Gasteiger partial charge is 0.243 e.